The minimum Gasteiger partial charge on any atom is -0.317 e. The van der Waals surface area contributed by atoms with Gasteiger partial charge in [-0.15, -0.1) is 0 Å². The molecule has 2 rings (SSSR count). The normalized spacial score (nSPS) is 24.1. The van der Waals surface area contributed by atoms with Gasteiger partial charge in [0.2, 0.25) is 0 Å². The molecule has 0 spiro atoms. The van der Waals surface area contributed by atoms with E-state index in [1.165, 1.54) is 77.3 Å². The second-order valence-corrected chi connectivity index (χ2v) is 7.19. The zero-order chi connectivity index (χ0) is 14.2. The van der Waals surface area contributed by atoms with E-state index in [2.05, 4.69) is 24.1 Å². The number of rotatable bonds is 7. The molecule has 2 saturated carbocycles. The molecule has 1 N–H and O–H groups in total. The Balaban J connectivity index is 1.91. The first-order chi connectivity index (χ1) is 9.81. The van der Waals surface area contributed by atoms with Crippen LogP contribution in [0.1, 0.15) is 78.1 Å². The summed E-state index contributed by atoms with van der Waals surface area (Å²) in [5.41, 5.74) is 0. The fourth-order valence-electron chi connectivity index (χ4n) is 4.24. The van der Waals surface area contributed by atoms with Gasteiger partial charge in [-0.3, -0.25) is 4.90 Å². The highest BCUT2D eigenvalue weighted by atomic mass is 15.2. The summed E-state index contributed by atoms with van der Waals surface area (Å²) in [5, 5.41) is 3.53. The van der Waals surface area contributed by atoms with Gasteiger partial charge in [-0.2, -0.15) is 0 Å². The first-order valence-electron chi connectivity index (χ1n) is 9.27. The lowest BCUT2D eigenvalue weighted by Crippen LogP contribution is -2.48. The molecule has 0 radical (unpaired) electrons. The molecule has 2 nitrogen and oxygen atoms in total. The van der Waals surface area contributed by atoms with Gasteiger partial charge in [0.25, 0.3) is 0 Å². The summed E-state index contributed by atoms with van der Waals surface area (Å²) in [6.07, 6.45) is 14.7. The van der Waals surface area contributed by atoms with Crippen molar-refractivity contribution < 1.29 is 0 Å². The van der Waals surface area contributed by atoms with Crippen molar-refractivity contribution in [3.8, 4) is 0 Å². The van der Waals surface area contributed by atoms with Gasteiger partial charge in [-0.1, -0.05) is 52.4 Å². The van der Waals surface area contributed by atoms with Gasteiger partial charge in [0.1, 0.15) is 0 Å². The summed E-state index contributed by atoms with van der Waals surface area (Å²) < 4.78 is 0. The van der Waals surface area contributed by atoms with E-state index >= 15 is 0 Å². The molecule has 2 fully saturated rings. The van der Waals surface area contributed by atoms with E-state index < -0.39 is 0 Å². The fraction of sp³-hybridized carbons (Fsp3) is 1.00. The zero-order valence-corrected chi connectivity index (χ0v) is 13.9. The maximum absolute atomic E-state index is 3.53. The van der Waals surface area contributed by atoms with E-state index in [1.807, 2.05) is 0 Å². The summed E-state index contributed by atoms with van der Waals surface area (Å²) in [7, 11) is 0. The molecule has 0 aromatic rings. The van der Waals surface area contributed by atoms with Crippen LogP contribution in [0.25, 0.3) is 0 Å². The van der Waals surface area contributed by atoms with Crippen LogP contribution in [0.2, 0.25) is 0 Å². The Kier molecular flexibility index (Phi) is 7.37. The maximum atomic E-state index is 3.53. The second-order valence-electron chi connectivity index (χ2n) is 7.19. The van der Waals surface area contributed by atoms with E-state index in [4.69, 9.17) is 0 Å². The highest BCUT2D eigenvalue weighted by Gasteiger charge is 2.29. The maximum Gasteiger partial charge on any atom is 0.00983 e. The van der Waals surface area contributed by atoms with Crippen LogP contribution in [0.3, 0.4) is 0 Å². The van der Waals surface area contributed by atoms with Crippen molar-refractivity contribution in [3.63, 3.8) is 0 Å². The number of nitrogens with one attached hydrogen (secondary N) is 1. The van der Waals surface area contributed by atoms with Crippen LogP contribution in [0.4, 0.5) is 0 Å². The average molecular weight is 280 g/mol. The largest absolute Gasteiger partial charge is 0.317 e. The first kappa shape index (κ1) is 16.3. The zero-order valence-electron chi connectivity index (χ0n) is 13.9. The first-order valence-corrected chi connectivity index (χ1v) is 9.27. The monoisotopic (exact) mass is 280 g/mol. The minimum atomic E-state index is 0.791. The third kappa shape index (κ3) is 5.04. The molecular weight excluding hydrogens is 244 g/mol. The standard InChI is InChI=1S/C18H36N2/c1-3-19-14-16(2)15-20(17-10-6-4-7-11-17)18-12-8-5-9-13-18/h16-19H,3-15H2,1-2H3. The summed E-state index contributed by atoms with van der Waals surface area (Å²) in [6.45, 7) is 8.26. The van der Waals surface area contributed by atoms with Crippen LogP contribution in [0.15, 0.2) is 0 Å². The Morgan fingerprint density at radius 1 is 0.900 bits per heavy atom. The predicted molar refractivity (Wildman–Crippen MR) is 88.2 cm³/mol. The van der Waals surface area contributed by atoms with Crippen molar-refractivity contribution in [2.75, 3.05) is 19.6 Å². The van der Waals surface area contributed by atoms with E-state index in [0.29, 0.717) is 0 Å². The summed E-state index contributed by atoms with van der Waals surface area (Å²) in [4.78, 5) is 2.94. The molecule has 0 aliphatic heterocycles. The fourth-order valence-corrected chi connectivity index (χ4v) is 4.24. The van der Waals surface area contributed by atoms with Gasteiger partial charge in [0.05, 0.1) is 0 Å². The quantitative estimate of drug-likeness (QED) is 0.752. The Labute approximate surface area is 126 Å². The van der Waals surface area contributed by atoms with Crippen molar-refractivity contribution in [2.24, 2.45) is 5.92 Å². The molecule has 20 heavy (non-hydrogen) atoms. The number of hydrogen-bond acceptors (Lipinski definition) is 2. The van der Waals surface area contributed by atoms with E-state index in [0.717, 1.165) is 24.5 Å². The molecule has 0 bridgehead atoms. The van der Waals surface area contributed by atoms with Gasteiger partial charge < -0.3 is 5.32 Å². The highest BCUT2D eigenvalue weighted by molar-refractivity contribution is 4.85. The molecule has 1 atom stereocenters. The lowest BCUT2D eigenvalue weighted by atomic mass is 9.88. The number of hydrogen-bond donors (Lipinski definition) is 1. The molecule has 0 aromatic carbocycles. The smallest absolute Gasteiger partial charge is 0.00983 e. The van der Waals surface area contributed by atoms with Gasteiger partial charge in [-0.05, 0) is 44.7 Å². The van der Waals surface area contributed by atoms with Crippen molar-refractivity contribution in [2.45, 2.75) is 90.1 Å². The average Bonchev–Trinajstić information content (AvgIpc) is 2.52. The lowest BCUT2D eigenvalue weighted by Gasteiger charge is -2.43. The van der Waals surface area contributed by atoms with Gasteiger partial charge in [0, 0.05) is 18.6 Å². The van der Waals surface area contributed by atoms with Crippen molar-refractivity contribution in [1.29, 1.82) is 0 Å². The molecule has 1 unspecified atom stereocenters. The molecular formula is C18H36N2. The topological polar surface area (TPSA) is 15.3 Å². The lowest BCUT2D eigenvalue weighted by molar-refractivity contribution is 0.0665. The Morgan fingerprint density at radius 2 is 1.40 bits per heavy atom. The third-order valence-electron chi connectivity index (χ3n) is 5.35. The van der Waals surface area contributed by atoms with Crippen LogP contribution in [-0.2, 0) is 0 Å². The molecule has 2 aliphatic rings. The number of nitrogens with zero attached hydrogens (tertiary/aromatic N) is 1. The summed E-state index contributed by atoms with van der Waals surface area (Å²) in [5.74, 6) is 0.791. The molecule has 2 heteroatoms. The summed E-state index contributed by atoms with van der Waals surface area (Å²) >= 11 is 0. The van der Waals surface area contributed by atoms with Crippen molar-refractivity contribution >= 4 is 0 Å². The molecule has 0 aromatic heterocycles. The van der Waals surface area contributed by atoms with Gasteiger partial charge in [-0.25, -0.2) is 0 Å². The Hall–Kier alpha value is -0.0800. The molecule has 0 heterocycles. The van der Waals surface area contributed by atoms with Gasteiger partial charge in [0.15, 0.2) is 0 Å². The Morgan fingerprint density at radius 3 is 1.85 bits per heavy atom. The van der Waals surface area contributed by atoms with Crippen molar-refractivity contribution in [1.82, 2.24) is 10.2 Å². The molecule has 118 valence electrons. The third-order valence-corrected chi connectivity index (χ3v) is 5.35. The van der Waals surface area contributed by atoms with Crippen LogP contribution in [-0.4, -0.2) is 36.6 Å². The molecule has 2 aliphatic carbocycles. The minimum absolute atomic E-state index is 0.791. The van der Waals surface area contributed by atoms with E-state index in [-0.39, 0.29) is 0 Å². The SMILES string of the molecule is CCNCC(C)CN(C1CCCCC1)C1CCCCC1. The molecule has 0 saturated heterocycles. The van der Waals surface area contributed by atoms with E-state index in [9.17, 15) is 0 Å². The van der Waals surface area contributed by atoms with Gasteiger partial charge >= 0.3 is 0 Å². The molecule has 0 amide bonds. The summed E-state index contributed by atoms with van der Waals surface area (Å²) in [6, 6.07) is 1.80. The van der Waals surface area contributed by atoms with Crippen LogP contribution >= 0.6 is 0 Å². The van der Waals surface area contributed by atoms with E-state index in [1.54, 1.807) is 0 Å². The van der Waals surface area contributed by atoms with Crippen LogP contribution in [0, 0.1) is 5.92 Å². The van der Waals surface area contributed by atoms with Crippen LogP contribution < -0.4 is 5.32 Å². The van der Waals surface area contributed by atoms with Crippen molar-refractivity contribution in [3.05, 3.63) is 0 Å². The second kappa shape index (κ2) is 9.04. The predicted octanol–water partition coefficient (Wildman–Crippen LogP) is 4.20. The van der Waals surface area contributed by atoms with Crippen LogP contribution in [0.5, 0.6) is 0 Å². The highest BCUT2D eigenvalue weighted by Crippen LogP contribution is 2.30. The Bertz CT molecular complexity index is 224.